The Labute approximate surface area is 166 Å². The number of thioether (sulfide) groups is 1. The van der Waals surface area contributed by atoms with Gasteiger partial charge in [0.1, 0.15) is 11.6 Å². The molecule has 0 saturated heterocycles. The van der Waals surface area contributed by atoms with E-state index in [2.05, 4.69) is 34.7 Å². The highest BCUT2D eigenvalue weighted by atomic mass is 32.2. The molecule has 3 aromatic carbocycles. The van der Waals surface area contributed by atoms with Crippen LogP contribution in [0.2, 0.25) is 0 Å². The van der Waals surface area contributed by atoms with Crippen LogP contribution in [0.5, 0.6) is 0 Å². The Kier molecular flexibility index (Phi) is 5.09. The summed E-state index contributed by atoms with van der Waals surface area (Å²) in [6.07, 6.45) is 1.46. The van der Waals surface area contributed by atoms with Gasteiger partial charge >= 0.3 is 0 Å². The van der Waals surface area contributed by atoms with Crippen LogP contribution in [-0.4, -0.2) is 21.4 Å². The van der Waals surface area contributed by atoms with Crippen molar-refractivity contribution in [3.05, 3.63) is 84.6 Å². The maximum atomic E-state index is 12.5. The second kappa shape index (κ2) is 7.99. The minimum Gasteiger partial charge on any atom is -0.309 e. The molecule has 0 radical (unpaired) electrons. The number of nitriles is 1. The van der Waals surface area contributed by atoms with E-state index in [9.17, 15) is 10.1 Å². The van der Waals surface area contributed by atoms with Gasteiger partial charge in [0.05, 0.1) is 17.6 Å². The molecule has 1 heterocycles. The molecule has 1 amide bonds. The lowest BCUT2D eigenvalue weighted by Crippen LogP contribution is -2.17. The first-order chi connectivity index (χ1) is 13.7. The molecule has 28 heavy (non-hydrogen) atoms. The van der Waals surface area contributed by atoms with Crippen molar-refractivity contribution in [3.8, 4) is 11.8 Å². The van der Waals surface area contributed by atoms with Crippen molar-refractivity contribution in [2.24, 2.45) is 0 Å². The van der Waals surface area contributed by atoms with E-state index in [1.54, 1.807) is 4.68 Å². The minimum atomic E-state index is -0.188. The van der Waals surface area contributed by atoms with E-state index >= 15 is 0 Å². The number of carbonyl (C=O) groups excluding carboxylic acids is 1. The summed E-state index contributed by atoms with van der Waals surface area (Å²) in [7, 11) is 0. The fourth-order valence-electron chi connectivity index (χ4n) is 2.89. The average Bonchev–Trinajstić information content (AvgIpc) is 3.15. The van der Waals surface area contributed by atoms with Gasteiger partial charge in [-0.25, -0.2) is 4.68 Å². The summed E-state index contributed by atoms with van der Waals surface area (Å²) < 4.78 is 1.57. The highest BCUT2D eigenvalue weighted by Gasteiger charge is 2.15. The molecule has 4 aromatic rings. The summed E-state index contributed by atoms with van der Waals surface area (Å²) in [4.78, 5) is 13.5. The molecule has 6 heteroatoms. The van der Waals surface area contributed by atoms with Crippen LogP contribution >= 0.6 is 11.8 Å². The van der Waals surface area contributed by atoms with Gasteiger partial charge in [0.2, 0.25) is 5.91 Å². The third kappa shape index (κ3) is 3.75. The maximum absolute atomic E-state index is 12.5. The number of rotatable bonds is 5. The molecule has 0 fully saturated rings. The Hall–Kier alpha value is -3.56. The summed E-state index contributed by atoms with van der Waals surface area (Å²) in [5.74, 6) is 0.438. The van der Waals surface area contributed by atoms with E-state index in [1.807, 2.05) is 54.6 Å². The molecule has 1 aromatic heterocycles. The van der Waals surface area contributed by atoms with Gasteiger partial charge < -0.3 is 5.32 Å². The van der Waals surface area contributed by atoms with Crippen molar-refractivity contribution in [1.29, 1.82) is 5.26 Å². The third-order valence-electron chi connectivity index (χ3n) is 4.24. The first kappa shape index (κ1) is 17.8. The standard InChI is InChI=1S/C22H16N4OS/c23-13-18-14-24-26(19-8-2-1-3-9-19)22(18)25-21(27)15-28-20-11-10-16-6-4-5-7-17(16)12-20/h1-12,14H,15H2,(H,25,27). The van der Waals surface area contributed by atoms with Crippen molar-refractivity contribution in [2.75, 3.05) is 11.1 Å². The number of fused-ring (bicyclic) bond motifs is 1. The van der Waals surface area contributed by atoms with Crippen molar-refractivity contribution in [3.63, 3.8) is 0 Å². The van der Waals surface area contributed by atoms with E-state index in [0.29, 0.717) is 11.4 Å². The Morgan fingerprint density at radius 1 is 1.04 bits per heavy atom. The van der Waals surface area contributed by atoms with Gasteiger partial charge in [0.15, 0.2) is 5.82 Å². The average molecular weight is 384 g/mol. The summed E-state index contributed by atoms with van der Waals surface area (Å²) in [6, 6.07) is 25.7. The maximum Gasteiger partial charge on any atom is 0.235 e. The zero-order valence-electron chi connectivity index (χ0n) is 14.9. The van der Waals surface area contributed by atoms with E-state index in [0.717, 1.165) is 16.0 Å². The predicted octanol–water partition coefficient (Wildman–Crippen LogP) is 4.63. The molecule has 0 aliphatic heterocycles. The zero-order valence-corrected chi connectivity index (χ0v) is 15.7. The van der Waals surface area contributed by atoms with Gasteiger partial charge in [-0.3, -0.25) is 4.79 Å². The lowest BCUT2D eigenvalue weighted by Gasteiger charge is -2.09. The molecule has 1 N–H and O–H groups in total. The van der Waals surface area contributed by atoms with E-state index in [-0.39, 0.29) is 11.7 Å². The Balaban J connectivity index is 1.49. The summed E-state index contributed by atoms with van der Waals surface area (Å²) >= 11 is 1.46. The zero-order chi connectivity index (χ0) is 19.3. The van der Waals surface area contributed by atoms with Crippen LogP contribution in [0, 0.1) is 11.3 Å². The predicted molar refractivity (Wildman–Crippen MR) is 112 cm³/mol. The number of hydrogen-bond donors (Lipinski definition) is 1. The van der Waals surface area contributed by atoms with Gasteiger partial charge in [-0.05, 0) is 35.0 Å². The quantitative estimate of drug-likeness (QED) is 0.509. The van der Waals surface area contributed by atoms with Gasteiger partial charge in [0, 0.05) is 4.90 Å². The van der Waals surface area contributed by atoms with Crippen LogP contribution in [0.1, 0.15) is 5.56 Å². The van der Waals surface area contributed by atoms with Gasteiger partial charge in [-0.15, -0.1) is 11.8 Å². The van der Waals surface area contributed by atoms with E-state index in [4.69, 9.17) is 0 Å². The van der Waals surface area contributed by atoms with Crippen LogP contribution in [-0.2, 0) is 4.79 Å². The highest BCUT2D eigenvalue weighted by molar-refractivity contribution is 8.00. The van der Waals surface area contributed by atoms with Crippen LogP contribution in [0.3, 0.4) is 0 Å². The van der Waals surface area contributed by atoms with Crippen LogP contribution < -0.4 is 5.32 Å². The smallest absolute Gasteiger partial charge is 0.235 e. The SMILES string of the molecule is N#Cc1cnn(-c2ccccc2)c1NC(=O)CSc1ccc2ccccc2c1. The molecule has 0 aliphatic carbocycles. The summed E-state index contributed by atoms with van der Waals surface area (Å²) in [5.41, 5.74) is 1.11. The molecular weight excluding hydrogens is 368 g/mol. The molecule has 0 atom stereocenters. The van der Waals surface area contributed by atoms with Crippen LogP contribution in [0.15, 0.2) is 83.9 Å². The normalized spacial score (nSPS) is 10.5. The molecule has 4 rings (SSSR count). The van der Waals surface area contributed by atoms with Crippen molar-refractivity contribution >= 4 is 34.3 Å². The minimum absolute atomic E-state index is 0.188. The number of hydrogen-bond acceptors (Lipinski definition) is 4. The number of nitrogens with zero attached hydrogens (tertiary/aromatic N) is 3. The van der Waals surface area contributed by atoms with Crippen LogP contribution in [0.25, 0.3) is 16.5 Å². The van der Waals surface area contributed by atoms with Gasteiger partial charge in [-0.2, -0.15) is 10.4 Å². The lowest BCUT2D eigenvalue weighted by molar-refractivity contribution is -0.113. The second-order valence-electron chi connectivity index (χ2n) is 6.11. The van der Waals surface area contributed by atoms with Crippen molar-refractivity contribution in [1.82, 2.24) is 9.78 Å². The van der Waals surface area contributed by atoms with E-state index in [1.165, 1.54) is 23.3 Å². The number of benzene rings is 3. The molecule has 0 unspecified atom stereocenters. The fourth-order valence-corrected chi connectivity index (χ4v) is 3.63. The number of para-hydroxylation sites is 1. The molecule has 0 aliphatic rings. The molecule has 0 spiro atoms. The van der Waals surface area contributed by atoms with Gasteiger partial charge in [0.25, 0.3) is 0 Å². The number of amides is 1. The summed E-state index contributed by atoms with van der Waals surface area (Å²) in [5, 5.41) is 18.7. The highest BCUT2D eigenvalue weighted by Crippen LogP contribution is 2.24. The number of anilines is 1. The largest absolute Gasteiger partial charge is 0.309 e. The molecular formula is C22H16N4OS. The first-order valence-corrected chi connectivity index (χ1v) is 9.68. The fraction of sp³-hybridized carbons (Fsp3) is 0.0455. The molecule has 5 nitrogen and oxygen atoms in total. The Morgan fingerprint density at radius 3 is 2.57 bits per heavy atom. The molecule has 0 saturated carbocycles. The van der Waals surface area contributed by atoms with Gasteiger partial charge in [-0.1, -0.05) is 48.5 Å². The lowest BCUT2D eigenvalue weighted by atomic mass is 10.1. The number of aromatic nitrogens is 2. The Bertz CT molecular complexity index is 1180. The topological polar surface area (TPSA) is 70.7 Å². The number of nitrogens with one attached hydrogen (secondary N) is 1. The van der Waals surface area contributed by atoms with Crippen molar-refractivity contribution < 1.29 is 4.79 Å². The monoisotopic (exact) mass is 384 g/mol. The van der Waals surface area contributed by atoms with Crippen molar-refractivity contribution in [2.45, 2.75) is 4.90 Å². The third-order valence-corrected chi connectivity index (χ3v) is 5.23. The van der Waals surface area contributed by atoms with Crippen LogP contribution in [0.4, 0.5) is 5.82 Å². The Morgan fingerprint density at radius 2 is 1.79 bits per heavy atom. The number of carbonyl (C=O) groups is 1. The van der Waals surface area contributed by atoms with E-state index < -0.39 is 0 Å². The first-order valence-electron chi connectivity index (χ1n) is 8.69. The summed E-state index contributed by atoms with van der Waals surface area (Å²) in [6.45, 7) is 0. The molecule has 136 valence electrons. The second-order valence-corrected chi connectivity index (χ2v) is 7.16. The molecule has 0 bridgehead atoms.